The highest BCUT2D eigenvalue weighted by molar-refractivity contribution is 9.10. The Morgan fingerprint density at radius 3 is 2.82 bits per heavy atom. The molecular weight excluding hydrogens is 304 g/mol. The van der Waals surface area contributed by atoms with E-state index in [1.165, 1.54) is 0 Å². The maximum Gasteiger partial charge on any atom is 0.131 e. The monoisotopic (exact) mass is 314 g/mol. The molecule has 90 valence electrons. The Morgan fingerprint density at radius 2 is 2.29 bits per heavy atom. The molecule has 0 spiro atoms. The molecule has 0 saturated carbocycles. The molecule has 0 amide bonds. The quantitative estimate of drug-likeness (QED) is 0.675. The Hall–Kier alpha value is -0.880. The van der Waals surface area contributed by atoms with E-state index in [1.807, 2.05) is 36.0 Å². The van der Waals surface area contributed by atoms with Crippen molar-refractivity contribution in [2.45, 2.75) is 6.04 Å². The molecule has 3 N–H and O–H groups in total. The lowest BCUT2D eigenvalue weighted by Gasteiger charge is -2.16. The summed E-state index contributed by atoms with van der Waals surface area (Å²) in [5, 5.41) is 0.671. The zero-order valence-electron chi connectivity index (χ0n) is 9.19. The average Bonchev–Trinajstić information content (AvgIpc) is 2.71. The first-order valence-electron chi connectivity index (χ1n) is 5.01. The minimum atomic E-state index is -0.163. The molecule has 0 aliphatic carbocycles. The average molecular weight is 316 g/mol. The third kappa shape index (κ3) is 2.52. The van der Waals surface area contributed by atoms with Gasteiger partial charge < -0.3 is 4.57 Å². The lowest BCUT2D eigenvalue weighted by molar-refractivity contribution is 0.580. The van der Waals surface area contributed by atoms with Gasteiger partial charge in [0.1, 0.15) is 11.9 Å². The van der Waals surface area contributed by atoms with Crippen LogP contribution in [0.2, 0.25) is 5.02 Å². The van der Waals surface area contributed by atoms with Crippen LogP contribution in [0.4, 0.5) is 0 Å². The standard InChI is InChI=1S/C11H12BrClN4/c1-17-5-4-15-11(17)10(16-14)7-2-3-9(13)8(12)6-7/h2-6,10,16H,14H2,1H3. The van der Waals surface area contributed by atoms with Gasteiger partial charge in [0.25, 0.3) is 0 Å². The summed E-state index contributed by atoms with van der Waals surface area (Å²) in [7, 11) is 1.93. The molecular formula is C11H12BrClN4. The molecule has 0 aliphatic rings. The Morgan fingerprint density at radius 1 is 1.53 bits per heavy atom. The molecule has 0 bridgehead atoms. The first-order chi connectivity index (χ1) is 8.13. The van der Waals surface area contributed by atoms with Crippen LogP contribution in [0.5, 0.6) is 0 Å². The Bertz CT molecular complexity index is 526. The normalized spacial score (nSPS) is 12.7. The fraction of sp³-hybridized carbons (Fsp3) is 0.182. The highest BCUT2D eigenvalue weighted by atomic mass is 79.9. The van der Waals surface area contributed by atoms with Gasteiger partial charge in [-0.2, -0.15) is 0 Å². The van der Waals surface area contributed by atoms with E-state index in [-0.39, 0.29) is 6.04 Å². The SMILES string of the molecule is Cn1ccnc1C(NN)c1ccc(Cl)c(Br)c1. The van der Waals surface area contributed by atoms with Crippen LogP contribution in [0.25, 0.3) is 0 Å². The van der Waals surface area contributed by atoms with Crippen molar-refractivity contribution < 1.29 is 0 Å². The van der Waals surface area contributed by atoms with Crippen molar-refractivity contribution in [2.75, 3.05) is 0 Å². The van der Waals surface area contributed by atoms with Gasteiger partial charge in [-0.15, -0.1) is 0 Å². The van der Waals surface area contributed by atoms with Gasteiger partial charge in [0.15, 0.2) is 0 Å². The first kappa shape index (κ1) is 12.6. The molecule has 0 radical (unpaired) electrons. The predicted molar refractivity (Wildman–Crippen MR) is 71.5 cm³/mol. The van der Waals surface area contributed by atoms with E-state index in [0.717, 1.165) is 15.9 Å². The van der Waals surface area contributed by atoms with Crippen molar-refractivity contribution in [1.82, 2.24) is 15.0 Å². The predicted octanol–water partition coefficient (Wildman–Crippen LogP) is 2.39. The highest BCUT2D eigenvalue weighted by Gasteiger charge is 2.17. The molecule has 4 nitrogen and oxygen atoms in total. The fourth-order valence-corrected chi connectivity index (χ4v) is 2.18. The van der Waals surface area contributed by atoms with Gasteiger partial charge in [-0.1, -0.05) is 17.7 Å². The number of hydrogen-bond acceptors (Lipinski definition) is 3. The molecule has 0 saturated heterocycles. The van der Waals surface area contributed by atoms with Gasteiger partial charge in [-0.25, -0.2) is 10.4 Å². The zero-order valence-corrected chi connectivity index (χ0v) is 11.5. The molecule has 0 fully saturated rings. The summed E-state index contributed by atoms with van der Waals surface area (Å²) >= 11 is 9.36. The topological polar surface area (TPSA) is 55.9 Å². The molecule has 1 aromatic heterocycles. The summed E-state index contributed by atoms with van der Waals surface area (Å²) in [4.78, 5) is 4.29. The second kappa shape index (κ2) is 5.18. The Labute approximate surface area is 113 Å². The van der Waals surface area contributed by atoms with E-state index in [9.17, 15) is 0 Å². The number of nitrogens with two attached hydrogens (primary N) is 1. The molecule has 1 unspecified atom stereocenters. The number of aryl methyl sites for hydroxylation is 1. The minimum absolute atomic E-state index is 0.163. The zero-order chi connectivity index (χ0) is 12.4. The largest absolute Gasteiger partial charge is 0.336 e. The van der Waals surface area contributed by atoms with Crippen LogP contribution in [0.15, 0.2) is 35.1 Å². The Balaban J connectivity index is 2.42. The van der Waals surface area contributed by atoms with Crippen molar-refractivity contribution in [1.29, 1.82) is 0 Å². The van der Waals surface area contributed by atoms with E-state index in [1.54, 1.807) is 6.20 Å². The van der Waals surface area contributed by atoms with Crippen LogP contribution in [0, 0.1) is 0 Å². The van der Waals surface area contributed by atoms with Crippen LogP contribution >= 0.6 is 27.5 Å². The van der Waals surface area contributed by atoms with Gasteiger partial charge in [0.2, 0.25) is 0 Å². The van der Waals surface area contributed by atoms with Crippen molar-refractivity contribution >= 4 is 27.5 Å². The van der Waals surface area contributed by atoms with Crippen LogP contribution in [0.3, 0.4) is 0 Å². The summed E-state index contributed by atoms with van der Waals surface area (Å²) in [6.07, 6.45) is 3.62. The summed E-state index contributed by atoms with van der Waals surface area (Å²) in [6, 6.07) is 5.52. The second-order valence-electron chi connectivity index (χ2n) is 3.67. The van der Waals surface area contributed by atoms with Crippen molar-refractivity contribution in [2.24, 2.45) is 12.9 Å². The summed E-state index contributed by atoms with van der Waals surface area (Å²) in [6.45, 7) is 0. The van der Waals surface area contributed by atoms with Gasteiger partial charge in [-0.05, 0) is 33.6 Å². The first-order valence-corrected chi connectivity index (χ1v) is 6.19. The maximum absolute atomic E-state index is 5.97. The third-order valence-electron chi connectivity index (χ3n) is 2.56. The Kier molecular flexibility index (Phi) is 3.83. The summed E-state index contributed by atoms with van der Waals surface area (Å²) < 4.78 is 2.76. The van der Waals surface area contributed by atoms with Gasteiger partial charge in [-0.3, -0.25) is 5.84 Å². The molecule has 6 heteroatoms. The summed E-state index contributed by atoms with van der Waals surface area (Å²) in [5.74, 6) is 6.45. The van der Waals surface area contributed by atoms with Crippen molar-refractivity contribution in [3.8, 4) is 0 Å². The number of nitrogens with zero attached hydrogens (tertiary/aromatic N) is 2. The molecule has 2 aromatic rings. The van der Waals surface area contributed by atoms with E-state index in [2.05, 4.69) is 26.3 Å². The molecule has 1 heterocycles. The number of rotatable bonds is 3. The number of aromatic nitrogens is 2. The maximum atomic E-state index is 5.97. The van der Waals surface area contributed by atoms with Gasteiger partial charge in [0.05, 0.1) is 5.02 Å². The number of imidazole rings is 1. The van der Waals surface area contributed by atoms with Crippen molar-refractivity contribution in [3.63, 3.8) is 0 Å². The van der Waals surface area contributed by atoms with E-state index in [0.29, 0.717) is 5.02 Å². The number of halogens is 2. The van der Waals surface area contributed by atoms with Gasteiger partial charge in [0, 0.05) is 23.9 Å². The summed E-state index contributed by atoms with van der Waals surface area (Å²) in [5.41, 5.74) is 3.76. The highest BCUT2D eigenvalue weighted by Crippen LogP contribution is 2.28. The fourth-order valence-electron chi connectivity index (χ4n) is 1.67. The van der Waals surface area contributed by atoms with E-state index < -0.39 is 0 Å². The van der Waals surface area contributed by atoms with E-state index >= 15 is 0 Å². The van der Waals surface area contributed by atoms with Crippen molar-refractivity contribution in [3.05, 3.63) is 51.5 Å². The lowest BCUT2D eigenvalue weighted by Crippen LogP contribution is -2.30. The van der Waals surface area contributed by atoms with Gasteiger partial charge >= 0.3 is 0 Å². The van der Waals surface area contributed by atoms with E-state index in [4.69, 9.17) is 17.4 Å². The molecule has 2 rings (SSSR count). The number of benzene rings is 1. The van der Waals surface area contributed by atoms with Crippen LogP contribution in [0.1, 0.15) is 17.4 Å². The van der Waals surface area contributed by atoms with Crippen LogP contribution in [-0.4, -0.2) is 9.55 Å². The molecule has 1 atom stereocenters. The molecule has 17 heavy (non-hydrogen) atoms. The number of hydrogen-bond donors (Lipinski definition) is 2. The lowest BCUT2D eigenvalue weighted by atomic mass is 10.1. The molecule has 1 aromatic carbocycles. The number of nitrogens with one attached hydrogen (secondary N) is 1. The smallest absolute Gasteiger partial charge is 0.131 e. The van der Waals surface area contributed by atoms with Crippen LogP contribution < -0.4 is 11.3 Å². The third-order valence-corrected chi connectivity index (χ3v) is 3.77. The minimum Gasteiger partial charge on any atom is -0.336 e. The molecule has 0 aliphatic heterocycles. The number of hydrazine groups is 1. The van der Waals surface area contributed by atoms with Crippen LogP contribution in [-0.2, 0) is 7.05 Å². The second-order valence-corrected chi connectivity index (χ2v) is 4.93.